The van der Waals surface area contributed by atoms with E-state index in [1.165, 1.54) is 17.4 Å². The highest BCUT2D eigenvalue weighted by Crippen LogP contribution is 2.42. The molecule has 1 aliphatic carbocycles. The van der Waals surface area contributed by atoms with Crippen LogP contribution >= 0.6 is 0 Å². The second kappa shape index (κ2) is 5.56. The Morgan fingerprint density at radius 2 is 1.88 bits per heavy atom. The smallest absolute Gasteiger partial charge is 0.263 e. The van der Waals surface area contributed by atoms with Gasteiger partial charge in [-0.2, -0.15) is 0 Å². The Morgan fingerprint density at radius 3 is 2.65 bits per heavy atom. The average molecular weight is 348 g/mol. The molecule has 3 heterocycles. The fraction of sp³-hybridized carbons (Fsp3) is 0.350. The van der Waals surface area contributed by atoms with E-state index in [-0.39, 0.29) is 23.1 Å². The first-order chi connectivity index (χ1) is 12.6. The number of hydrogen-bond donors (Lipinski definition) is 0. The second-order valence-corrected chi connectivity index (χ2v) is 7.30. The van der Waals surface area contributed by atoms with Crippen LogP contribution in [-0.4, -0.2) is 38.0 Å². The number of likely N-dealkylation sites (tertiary alicyclic amines) is 1. The van der Waals surface area contributed by atoms with E-state index in [0.717, 1.165) is 16.9 Å². The SMILES string of the molecule is Cn1cccc(C(=O)N2CC(n3c(C4CC4)nc4ccccc43)C2)c1=O. The third-order valence-electron chi connectivity index (χ3n) is 5.43. The summed E-state index contributed by atoms with van der Waals surface area (Å²) in [6.45, 7) is 1.24. The largest absolute Gasteiger partial charge is 0.334 e. The van der Waals surface area contributed by atoms with E-state index in [1.807, 2.05) is 18.2 Å². The molecule has 1 aliphatic heterocycles. The molecule has 1 saturated heterocycles. The molecule has 2 fully saturated rings. The summed E-state index contributed by atoms with van der Waals surface area (Å²) in [5, 5.41) is 0. The van der Waals surface area contributed by atoms with Crippen molar-refractivity contribution in [3.8, 4) is 0 Å². The molecule has 0 radical (unpaired) electrons. The summed E-state index contributed by atoms with van der Waals surface area (Å²) in [6, 6.07) is 11.8. The Bertz CT molecular complexity index is 1070. The van der Waals surface area contributed by atoms with Gasteiger partial charge in [0.25, 0.3) is 11.5 Å². The van der Waals surface area contributed by atoms with Crippen LogP contribution < -0.4 is 5.56 Å². The maximum Gasteiger partial charge on any atom is 0.263 e. The van der Waals surface area contributed by atoms with Gasteiger partial charge >= 0.3 is 0 Å². The second-order valence-electron chi connectivity index (χ2n) is 7.30. The quantitative estimate of drug-likeness (QED) is 0.730. The van der Waals surface area contributed by atoms with Gasteiger partial charge < -0.3 is 14.0 Å². The highest BCUT2D eigenvalue weighted by molar-refractivity contribution is 5.94. The van der Waals surface area contributed by atoms with Crippen molar-refractivity contribution in [3.63, 3.8) is 0 Å². The van der Waals surface area contributed by atoms with Crippen LogP contribution in [0.4, 0.5) is 0 Å². The molecule has 6 nitrogen and oxygen atoms in total. The topological polar surface area (TPSA) is 60.1 Å². The number of rotatable bonds is 3. The normalized spacial score (nSPS) is 17.5. The van der Waals surface area contributed by atoms with Crippen molar-refractivity contribution >= 4 is 16.9 Å². The molecule has 0 atom stereocenters. The molecule has 6 heteroatoms. The third-order valence-corrected chi connectivity index (χ3v) is 5.43. The molecular weight excluding hydrogens is 328 g/mol. The van der Waals surface area contributed by atoms with Crippen LogP contribution in [0, 0.1) is 0 Å². The van der Waals surface area contributed by atoms with Crippen LogP contribution in [-0.2, 0) is 7.05 Å². The van der Waals surface area contributed by atoms with E-state index in [2.05, 4.69) is 10.6 Å². The number of carbonyl (C=O) groups is 1. The van der Waals surface area contributed by atoms with Gasteiger partial charge in [0.05, 0.1) is 17.1 Å². The molecule has 26 heavy (non-hydrogen) atoms. The van der Waals surface area contributed by atoms with E-state index in [4.69, 9.17) is 4.98 Å². The molecule has 0 spiro atoms. The maximum atomic E-state index is 12.7. The number of carbonyl (C=O) groups excluding carboxylic acids is 1. The number of amides is 1. The first-order valence-electron chi connectivity index (χ1n) is 9.05. The van der Waals surface area contributed by atoms with Crippen molar-refractivity contribution in [3.05, 3.63) is 64.3 Å². The Kier molecular flexibility index (Phi) is 3.29. The maximum absolute atomic E-state index is 12.7. The molecule has 5 rings (SSSR count). The lowest BCUT2D eigenvalue weighted by atomic mass is 10.1. The molecule has 2 aliphatic rings. The number of para-hydroxylation sites is 2. The molecule has 0 N–H and O–H groups in total. The minimum atomic E-state index is -0.243. The molecule has 0 bridgehead atoms. The van der Waals surface area contributed by atoms with Crippen molar-refractivity contribution in [1.29, 1.82) is 0 Å². The molecule has 1 aromatic carbocycles. The van der Waals surface area contributed by atoms with Crippen LogP contribution in [0.5, 0.6) is 0 Å². The highest BCUT2D eigenvalue weighted by atomic mass is 16.2. The van der Waals surface area contributed by atoms with Crippen molar-refractivity contribution in [1.82, 2.24) is 19.0 Å². The third kappa shape index (κ3) is 2.29. The monoisotopic (exact) mass is 348 g/mol. The van der Waals surface area contributed by atoms with E-state index in [9.17, 15) is 9.59 Å². The fourth-order valence-electron chi connectivity index (χ4n) is 3.79. The van der Waals surface area contributed by atoms with Gasteiger partial charge in [0, 0.05) is 32.3 Å². The molecule has 3 aromatic rings. The predicted octanol–water partition coefficient (Wildman–Crippen LogP) is 2.31. The summed E-state index contributed by atoms with van der Waals surface area (Å²) in [5.41, 5.74) is 2.16. The van der Waals surface area contributed by atoms with Crippen LogP contribution in [0.25, 0.3) is 11.0 Å². The van der Waals surface area contributed by atoms with E-state index < -0.39 is 0 Å². The first kappa shape index (κ1) is 15.4. The molecule has 2 aromatic heterocycles. The van der Waals surface area contributed by atoms with Crippen molar-refractivity contribution in [2.75, 3.05) is 13.1 Å². The lowest BCUT2D eigenvalue weighted by Crippen LogP contribution is -2.52. The number of fused-ring (bicyclic) bond motifs is 1. The molecular formula is C20H20N4O2. The Balaban J connectivity index is 1.43. The van der Waals surface area contributed by atoms with Gasteiger partial charge in [-0.05, 0) is 37.1 Å². The number of nitrogens with zero attached hydrogens (tertiary/aromatic N) is 4. The first-order valence-corrected chi connectivity index (χ1v) is 9.05. The molecule has 0 unspecified atom stereocenters. The number of imidazole rings is 1. The summed E-state index contributed by atoms with van der Waals surface area (Å²) in [4.78, 5) is 31.5. The zero-order valence-corrected chi connectivity index (χ0v) is 14.6. The Hall–Kier alpha value is -2.89. The highest BCUT2D eigenvalue weighted by Gasteiger charge is 2.38. The van der Waals surface area contributed by atoms with E-state index in [0.29, 0.717) is 19.0 Å². The molecule has 1 amide bonds. The average Bonchev–Trinajstić information content (AvgIpc) is 3.38. The summed E-state index contributed by atoms with van der Waals surface area (Å²) in [5.74, 6) is 1.52. The summed E-state index contributed by atoms with van der Waals surface area (Å²) < 4.78 is 3.76. The van der Waals surface area contributed by atoms with Crippen LogP contribution in [0.2, 0.25) is 0 Å². The van der Waals surface area contributed by atoms with Crippen LogP contribution in [0.3, 0.4) is 0 Å². The zero-order valence-electron chi connectivity index (χ0n) is 14.6. The summed E-state index contributed by atoms with van der Waals surface area (Å²) in [7, 11) is 1.66. The number of benzene rings is 1. The predicted molar refractivity (Wildman–Crippen MR) is 98.3 cm³/mol. The van der Waals surface area contributed by atoms with Crippen LogP contribution in [0.15, 0.2) is 47.4 Å². The van der Waals surface area contributed by atoms with Gasteiger partial charge in [-0.15, -0.1) is 0 Å². The lowest BCUT2D eigenvalue weighted by Gasteiger charge is -2.40. The minimum absolute atomic E-state index is 0.181. The summed E-state index contributed by atoms with van der Waals surface area (Å²) >= 11 is 0. The standard InChI is InChI=1S/C20H20N4O2/c1-22-10-4-5-15(19(22)25)20(26)23-11-14(12-23)24-17-7-3-2-6-16(17)21-18(24)13-8-9-13/h2-7,10,13-14H,8-9,11-12H2,1H3. The van der Waals surface area contributed by atoms with Gasteiger partial charge in [-0.1, -0.05) is 12.1 Å². The van der Waals surface area contributed by atoms with Gasteiger partial charge in [0.15, 0.2) is 0 Å². The number of pyridine rings is 1. The Labute approximate surface area is 150 Å². The number of hydrogen-bond acceptors (Lipinski definition) is 3. The molecule has 1 saturated carbocycles. The van der Waals surface area contributed by atoms with Crippen molar-refractivity contribution in [2.24, 2.45) is 7.05 Å². The number of aromatic nitrogens is 3. The molecule has 132 valence electrons. The number of aryl methyl sites for hydroxylation is 1. The fourth-order valence-corrected chi connectivity index (χ4v) is 3.79. The van der Waals surface area contributed by atoms with E-state index in [1.54, 1.807) is 30.3 Å². The summed E-state index contributed by atoms with van der Waals surface area (Å²) in [6.07, 6.45) is 4.05. The van der Waals surface area contributed by atoms with Crippen molar-refractivity contribution in [2.45, 2.75) is 24.8 Å². The van der Waals surface area contributed by atoms with Gasteiger partial charge in [0.1, 0.15) is 11.4 Å². The van der Waals surface area contributed by atoms with Crippen LogP contribution in [0.1, 0.15) is 41.0 Å². The van der Waals surface area contributed by atoms with Gasteiger partial charge in [-0.25, -0.2) is 4.98 Å². The minimum Gasteiger partial charge on any atom is -0.334 e. The lowest BCUT2D eigenvalue weighted by molar-refractivity contribution is 0.0519. The van der Waals surface area contributed by atoms with E-state index >= 15 is 0 Å². The van der Waals surface area contributed by atoms with Gasteiger partial charge in [-0.3, -0.25) is 9.59 Å². The van der Waals surface area contributed by atoms with Crippen molar-refractivity contribution < 1.29 is 4.79 Å². The van der Waals surface area contributed by atoms with Gasteiger partial charge in [0.2, 0.25) is 0 Å². The Morgan fingerprint density at radius 1 is 1.12 bits per heavy atom. The zero-order chi connectivity index (χ0) is 17.8.